The van der Waals surface area contributed by atoms with E-state index in [1.165, 1.54) is 0 Å². The molecule has 128 valence electrons. The molecule has 1 amide bonds. The van der Waals surface area contributed by atoms with Crippen molar-refractivity contribution in [1.29, 1.82) is 0 Å². The standard InChI is InChI=1S/C20H15N3O3/c1-25-16-5-2-14(3-6-16)20-23-17-12-15(4-7-18(17)26-20)22-19(24)13-8-10-21-11-9-13/h2-12H,1H3,(H,22,24). The minimum atomic E-state index is -0.203. The van der Waals surface area contributed by atoms with Gasteiger partial charge in [0.1, 0.15) is 11.3 Å². The maximum absolute atomic E-state index is 12.2. The highest BCUT2D eigenvalue weighted by Gasteiger charge is 2.11. The molecule has 0 spiro atoms. The summed E-state index contributed by atoms with van der Waals surface area (Å²) >= 11 is 0. The van der Waals surface area contributed by atoms with Crippen LogP contribution in [-0.2, 0) is 0 Å². The molecule has 0 bridgehead atoms. The van der Waals surface area contributed by atoms with Crippen molar-refractivity contribution >= 4 is 22.7 Å². The van der Waals surface area contributed by atoms with E-state index in [0.717, 1.165) is 11.3 Å². The fraction of sp³-hybridized carbons (Fsp3) is 0.0500. The number of amides is 1. The van der Waals surface area contributed by atoms with Crippen LogP contribution < -0.4 is 10.1 Å². The third-order valence-corrected chi connectivity index (χ3v) is 3.92. The molecule has 4 aromatic rings. The highest BCUT2D eigenvalue weighted by molar-refractivity contribution is 6.04. The number of hydrogen-bond acceptors (Lipinski definition) is 5. The molecule has 26 heavy (non-hydrogen) atoms. The van der Waals surface area contributed by atoms with Crippen LogP contribution in [0, 0.1) is 0 Å². The number of hydrogen-bond donors (Lipinski definition) is 1. The Morgan fingerprint density at radius 1 is 1.04 bits per heavy atom. The first-order valence-corrected chi connectivity index (χ1v) is 7.99. The Balaban J connectivity index is 1.60. The summed E-state index contributed by atoms with van der Waals surface area (Å²) in [5.41, 5.74) is 3.36. The smallest absolute Gasteiger partial charge is 0.255 e. The lowest BCUT2D eigenvalue weighted by Crippen LogP contribution is -2.11. The van der Waals surface area contributed by atoms with Crippen LogP contribution in [0.3, 0.4) is 0 Å². The van der Waals surface area contributed by atoms with Crippen LogP contribution in [0.4, 0.5) is 5.69 Å². The number of nitrogens with zero attached hydrogens (tertiary/aromatic N) is 2. The Hall–Kier alpha value is -3.67. The molecule has 2 aromatic carbocycles. The summed E-state index contributed by atoms with van der Waals surface area (Å²) in [4.78, 5) is 20.7. The fourth-order valence-corrected chi connectivity index (χ4v) is 2.57. The van der Waals surface area contributed by atoms with E-state index in [-0.39, 0.29) is 5.91 Å². The molecule has 0 saturated carbocycles. The van der Waals surface area contributed by atoms with Crippen LogP contribution in [0.15, 0.2) is 71.4 Å². The highest BCUT2D eigenvalue weighted by atomic mass is 16.5. The van der Waals surface area contributed by atoms with Gasteiger partial charge in [-0.15, -0.1) is 0 Å². The van der Waals surface area contributed by atoms with Gasteiger partial charge >= 0.3 is 0 Å². The molecule has 2 heterocycles. The summed E-state index contributed by atoms with van der Waals surface area (Å²) in [7, 11) is 1.62. The summed E-state index contributed by atoms with van der Waals surface area (Å²) in [5.74, 6) is 1.08. The van der Waals surface area contributed by atoms with Crippen molar-refractivity contribution in [1.82, 2.24) is 9.97 Å². The average molecular weight is 345 g/mol. The van der Waals surface area contributed by atoms with Gasteiger partial charge in [0.05, 0.1) is 7.11 Å². The zero-order valence-electron chi connectivity index (χ0n) is 14.0. The second kappa shape index (κ2) is 6.68. The van der Waals surface area contributed by atoms with Gasteiger partial charge in [0, 0.05) is 29.2 Å². The molecule has 1 N–H and O–H groups in total. The molecule has 0 aliphatic rings. The quantitative estimate of drug-likeness (QED) is 0.601. The monoisotopic (exact) mass is 345 g/mol. The number of nitrogens with one attached hydrogen (secondary N) is 1. The molecule has 0 radical (unpaired) electrons. The Labute approximate surface area is 149 Å². The van der Waals surface area contributed by atoms with Gasteiger partial charge < -0.3 is 14.5 Å². The number of carbonyl (C=O) groups excluding carboxylic acids is 1. The molecule has 0 atom stereocenters. The summed E-state index contributed by atoms with van der Waals surface area (Å²) in [5, 5.41) is 2.85. The number of rotatable bonds is 4. The molecular formula is C20H15N3O3. The minimum absolute atomic E-state index is 0.203. The number of pyridine rings is 1. The lowest BCUT2D eigenvalue weighted by molar-refractivity contribution is 0.102. The van der Waals surface area contributed by atoms with Gasteiger partial charge in [-0.1, -0.05) is 0 Å². The third-order valence-electron chi connectivity index (χ3n) is 3.92. The number of aromatic nitrogens is 2. The maximum Gasteiger partial charge on any atom is 0.255 e. The SMILES string of the molecule is COc1ccc(-c2nc3cc(NC(=O)c4ccncc4)ccc3o2)cc1. The van der Waals surface area contributed by atoms with Crippen LogP contribution in [0.5, 0.6) is 5.75 Å². The van der Waals surface area contributed by atoms with Crippen molar-refractivity contribution in [3.8, 4) is 17.2 Å². The number of benzene rings is 2. The van der Waals surface area contributed by atoms with E-state index in [0.29, 0.717) is 28.2 Å². The number of methoxy groups -OCH3 is 1. The van der Waals surface area contributed by atoms with Crippen molar-refractivity contribution in [2.24, 2.45) is 0 Å². The second-order valence-corrected chi connectivity index (χ2v) is 5.62. The van der Waals surface area contributed by atoms with Gasteiger partial charge in [0.2, 0.25) is 5.89 Å². The van der Waals surface area contributed by atoms with E-state index >= 15 is 0 Å². The first kappa shape index (κ1) is 15.8. The van der Waals surface area contributed by atoms with Crippen LogP contribution in [0.1, 0.15) is 10.4 Å². The zero-order valence-corrected chi connectivity index (χ0v) is 14.0. The van der Waals surface area contributed by atoms with Gasteiger partial charge in [-0.25, -0.2) is 4.98 Å². The van der Waals surface area contributed by atoms with Crippen LogP contribution in [0.2, 0.25) is 0 Å². The Morgan fingerprint density at radius 2 is 1.81 bits per heavy atom. The Bertz CT molecular complexity index is 1060. The molecule has 6 nitrogen and oxygen atoms in total. The molecule has 0 aliphatic carbocycles. The van der Waals surface area contributed by atoms with E-state index < -0.39 is 0 Å². The third kappa shape index (κ3) is 3.12. The predicted octanol–water partition coefficient (Wildman–Crippen LogP) is 4.15. The summed E-state index contributed by atoms with van der Waals surface area (Å²) in [6.45, 7) is 0. The average Bonchev–Trinajstić information content (AvgIpc) is 3.12. The van der Waals surface area contributed by atoms with Crippen molar-refractivity contribution in [2.45, 2.75) is 0 Å². The first-order valence-electron chi connectivity index (χ1n) is 7.99. The molecule has 6 heteroatoms. The van der Waals surface area contributed by atoms with Gasteiger partial charge in [0.25, 0.3) is 5.91 Å². The minimum Gasteiger partial charge on any atom is -0.497 e. The number of oxazole rings is 1. The van der Waals surface area contributed by atoms with Crippen molar-refractivity contribution in [3.63, 3.8) is 0 Å². The first-order chi connectivity index (χ1) is 12.7. The Kier molecular flexibility index (Phi) is 4.07. The van der Waals surface area contributed by atoms with Crippen molar-refractivity contribution in [2.75, 3.05) is 12.4 Å². The summed E-state index contributed by atoms with van der Waals surface area (Å²) < 4.78 is 11.0. The highest BCUT2D eigenvalue weighted by Crippen LogP contribution is 2.27. The number of anilines is 1. The summed E-state index contributed by atoms with van der Waals surface area (Å²) in [6, 6.07) is 16.1. The van der Waals surface area contributed by atoms with Gasteiger partial charge in [0.15, 0.2) is 5.58 Å². The van der Waals surface area contributed by atoms with Gasteiger partial charge in [-0.2, -0.15) is 0 Å². The van der Waals surface area contributed by atoms with Gasteiger partial charge in [-0.05, 0) is 54.6 Å². The molecule has 2 aromatic heterocycles. The Morgan fingerprint density at radius 3 is 2.54 bits per heavy atom. The topological polar surface area (TPSA) is 77.2 Å². The molecule has 0 unspecified atom stereocenters. The van der Waals surface area contributed by atoms with E-state index in [4.69, 9.17) is 9.15 Å². The molecule has 4 rings (SSSR count). The summed E-state index contributed by atoms with van der Waals surface area (Å²) in [6.07, 6.45) is 3.16. The lowest BCUT2D eigenvalue weighted by Gasteiger charge is -2.04. The second-order valence-electron chi connectivity index (χ2n) is 5.62. The largest absolute Gasteiger partial charge is 0.497 e. The fourth-order valence-electron chi connectivity index (χ4n) is 2.57. The van der Waals surface area contributed by atoms with E-state index in [9.17, 15) is 4.79 Å². The number of ether oxygens (including phenoxy) is 1. The number of carbonyl (C=O) groups is 1. The molecular weight excluding hydrogens is 330 g/mol. The van der Waals surface area contributed by atoms with Crippen molar-refractivity contribution in [3.05, 3.63) is 72.6 Å². The number of fused-ring (bicyclic) bond motifs is 1. The van der Waals surface area contributed by atoms with Crippen molar-refractivity contribution < 1.29 is 13.9 Å². The van der Waals surface area contributed by atoms with E-state index in [1.807, 2.05) is 24.3 Å². The molecule has 0 saturated heterocycles. The zero-order chi connectivity index (χ0) is 17.9. The van der Waals surface area contributed by atoms with E-state index in [1.54, 1.807) is 49.8 Å². The van der Waals surface area contributed by atoms with Crippen LogP contribution in [0.25, 0.3) is 22.6 Å². The molecule has 0 fully saturated rings. The van der Waals surface area contributed by atoms with Crippen LogP contribution >= 0.6 is 0 Å². The van der Waals surface area contributed by atoms with E-state index in [2.05, 4.69) is 15.3 Å². The molecule has 0 aliphatic heterocycles. The van der Waals surface area contributed by atoms with Gasteiger partial charge in [-0.3, -0.25) is 9.78 Å². The lowest BCUT2D eigenvalue weighted by atomic mass is 10.2. The van der Waals surface area contributed by atoms with Crippen LogP contribution in [-0.4, -0.2) is 23.0 Å². The normalized spacial score (nSPS) is 10.7. The predicted molar refractivity (Wildman–Crippen MR) is 98.2 cm³/mol. The maximum atomic E-state index is 12.2.